The lowest BCUT2D eigenvalue weighted by Crippen LogP contribution is -2.51. The van der Waals surface area contributed by atoms with Crippen molar-refractivity contribution in [3.05, 3.63) is 56.3 Å². The summed E-state index contributed by atoms with van der Waals surface area (Å²) in [6, 6.07) is 9.98. The van der Waals surface area contributed by atoms with Gasteiger partial charge in [0.05, 0.1) is 0 Å². The van der Waals surface area contributed by atoms with Crippen LogP contribution in [0.2, 0.25) is 0 Å². The van der Waals surface area contributed by atoms with Crippen molar-refractivity contribution in [2.75, 3.05) is 42.9 Å². The van der Waals surface area contributed by atoms with Crippen LogP contribution in [0.5, 0.6) is 0 Å². The van der Waals surface area contributed by atoms with E-state index in [9.17, 15) is 14.4 Å². The van der Waals surface area contributed by atoms with Crippen LogP contribution in [-0.2, 0) is 11.2 Å². The predicted molar refractivity (Wildman–Crippen MR) is 89.8 cm³/mol. The maximum Gasteiger partial charge on any atom is 0.253 e. The molecule has 0 atom stereocenters. The summed E-state index contributed by atoms with van der Waals surface area (Å²) < 4.78 is 0. The van der Waals surface area contributed by atoms with Gasteiger partial charge >= 0.3 is 0 Å². The summed E-state index contributed by atoms with van der Waals surface area (Å²) in [5, 5.41) is 3.10. The minimum Gasteiger partial charge on any atom is -0.380 e. The highest BCUT2D eigenvalue weighted by Gasteiger charge is 2.27. The van der Waals surface area contributed by atoms with Gasteiger partial charge < -0.3 is 15.1 Å². The molecule has 23 heavy (non-hydrogen) atoms. The topological polar surface area (TPSA) is 69.7 Å². The van der Waals surface area contributed by atoms with Crippen LogP contribution >= 0.6 is 0 Å². The quantitative estimate of drug-likeness (QED) is 0.610. The van der Waals surface area contributed by atoms with E-state index in [-0.39, 0.29) is 0 Å². The Labute approximate surface area is 134 Å². The molecule has 2 aromatic rings. The Balaban J connectivity index is 1.62. The van der Waals surface area contributed by atoms with Crippen LogP contribution in [0.4, 0.5) is 11.4 Å². The lowest BCUT2D eigenvalue weighted by Gasteiger charge is -2.35. The Morgan fingerprint density at radius 2 is 1.70 bits per heavy atom. The van der Waals surface area contributed by atoms with Crippen molar-refractivity contribution in [1.82, 2.24) is 4.90 Å². The number of benzene rings is 1. The molecule has 0 spiro atoms. The number of carbonyl (C=O) groups excluding carboxylic acids is 1. The van der Waals surface area contributed by atoms with Crippen LogP contribution in [0.15, 0.2) is 39.9 Å². The Bertz CT molecular complexity index is 742. The van der Waals surface area contributed by atoms with Gasteiger partial charge in [-0.25, -0.2) is 0 Å². The minimum absolute atomic E-state index is 0.422. The van der Waals surface area contributed by atoms with Crippen molar-refractivity contribution in [2.45, 2.75) is 6.42 Å². The van der Waals surface area contributed by atoms with E-state index in [4.69, 9.17) is 0 Å². The van der Waals surface area contributed by atoms with Gasteiger partial charge in [-0.05, 0) is 12.0 Å². The zero-order valence-corrected chi connectivity index (χ0v) is 12.8. The Morgan fingerprint density at radius 3 is 2.35 bits per heavy atom. The van der Waals surface area contributed by atoms with E-state index in [2.05, 4.69) is 5.32 Å². The van der Waals surface area contributed by atoms with Crippen LogP contribution in [0.25, 0.3) is 0 Å². The van der Waals surface area contributed by atoms with Gasteiger partial charge in [0.25, 0.3) is 10.9 Å². The first-order valence-corrected chi connectivity index (χ1v) is 7.76. The average Bonchev–Trinajstić information content (AvgIpc) is 2.61. The van der Waals surface area contributed by atoms with Gasteiger partial charge in [-0.3, -0.25) is 14.4 Å². The molecule has 0 bridgehead atoms. The molecular weight excluding hydrogens is 294 g/mol. The number of rotatable bonds is 6. The summed E-state index contributed by atoms with van der Waals surface area (Å²) in [4.78, 5) is 38.0. The highest BCUT2D eigenvalue weighted by Crippen LogP contribution is 2.21. The molecule has 6 nitrogen and oxygen atoms in total. The third-order valence-corrected chi connectivity index (χ3v) is 4.22. The SMILES string of the molecule is O=CN1CCN(c2c(NCCc3ccccc3)c(=O)c2=O)CC1. The van der Waals surface area contributed by atoms with Crippen molar-refractivity contribution in [3.8, 4) is 0 Å². The van der Waals surface area contributed by atoms with Crippen LogP contribution in [0, 0.1) is 0 Å². The van der Waals surface area contributed by atoms with Gasteiger partial charge in [0, 0.05) is 32.7 Å². The monoisotopic (exact) mass is 313 g/mol. The number of carbonyl (C=O) groups is 1. The zero-order chi connectivity index (χ0) is 16.2. The second kappa shape index (κ2) is 6.64. The van der Waals surface area contributed by atoms with Crippen molar-refractivity contribution in [3.63, 3.8) is 0 Å². The second-order valence-corrected chi connectivity index (χ2v) is 5.67. The highest BCUT2D eigenvalue weighted by molar-refractivity contribution is 5.75. The molecule has 3 rings (SSSR count). The van der Waals surface area contributed by atoms with Crippen molar-refractivity contribution >= 4 is 17.8 Å². The summed E-state index contributed by atoms with van der Waals surface area (Å²) in [5.41, 5.74) is 1.22. The molecule has 1 aliphatic heterocycles. The zero-order valence-electron chi connectivity index (χ0n) is 12.8. The lowest BCUT2D eigenvalue weighted by molar-refractivity contribution is -0.118. The third kappa shape index (κ3) is 3.11. The van der Waals surface area contributed by atoms with Gasteiger partial charge in [-0.1, -0.05) is 30.3 Å². The molecule has 2 aromatic carbocycles. The van der Waals surface area contributed by atoms with Crippen LogP contribution in [0.3, 0.4) is 0 Å². The van der Waals surface area contributed by atoms with Crippen LogP contribution < -0.4 is 21.1 Å². The first-order chi connectivity index (χ1) is 11.2. The fourth-order valence-corrected chi connectivity index (χ4v) is 2.87. The van der Waals surface area contributed by atoms with Gasteiger partial charge in [0.15, 0.2) is 0 Å². The molecular formula is C17H19N3O3. The Hall–Kier alpha value is -2.63. The summed E-state index contributed by atoms with van der Waals surface area (Å²) in [5.74, 6) is 0. The molecule has 1 saturated heterocycles. The maximum absolute atomic E-state index is 11.9. The molecule has 1 N–H and O–H groups in total. The molecule has 1 heterocycles. The normalized spacial score (nSPS) is 15.0. The molecule has 1 aliphatic rings. The number of amides is 1. The average molecular weight is 313 g/mol. The van der Waals surface area contributed by atoms with Crippen LogP contribution in [-0.4, -0.2) is 44.0 Å². The smallest absolute Gasteiger partial charge is 0.253 e. The highest BCUT2D eigenvalue weighted by atomic mass is 16.2. The number of hydrogen-bond donors (Lipinski definition) is 1. The van der Waals surface area contributed by atoms with E-state index in [1.807, 2.05) is 35.2 Å². The standard InChI is InChI=1S/C17H19N3O3/c21-12-19-8-10-20(11-9-19)15-14(16(22)17(15)23)18-7-6-13-4-2-1-3-5-13/h1-5,12,18H,6-11H2. The van der Waals surface area contributed by atoms with E-state index in [0.29, 0.717) is 44.1 Å². The largest absolute Gasteiger partial charge is 0.380 e. The van der Waals surface area contributed by atoms with Gasteiger partial charge in [0.2, 0.25) is 6.41 Å². The molecule has 0 aliphatic carbocycles. The summed E-state index contributed by atoms with van der Waals surface area (Å²) in [6.07, 6.45) is 1.61. The fourth-order valence-electron chi connectivity index (χ4n) is 2.87. The molecule has 0 unspecified atom stereocenters. The molecule has 0 aromatic heterocycles. The first-order valence-electron chi connectivity index (χ1n) is 7.76. The van der Waals surface area contributed by atoms with Crippen LogP contribution in [0.1, 0.15) is 5.56 Å². The maximum atomic E-state index is 11.9. The van der Waals surface area contributed by atoms with E-state index >= 15 is 0 Å². The summed E-state index contributed by atoms with van der Waals surface area (Å²) >= 11 is 0. The number of piperazine rings is 1. The number of nitrogens with zero attached hydrogens (tertiary/aromatic N) is 2. The molecule has 0 radical (unpaired) electrons. The molecule has 120 valence electrons. The van der Waals surface area contributed by atoms with E-state index in [0.717, 1.165) is 12.8 Å². The molecule has 1 fully saturated rings. The summed E-state index contributed by atoms with van der Waals surface area (Å²) in [6.45, 7) is 2.92. The van der Waals surface area contributed by atoms with Gasteiger partial charge in [-0.2, -0.15) is 0 Å². The number of hydrogen-bond acceptors (Lipinski definition) is 5. The number of nitrogens with one attached hydrogen (secondary N) is 1. The Morgan fingerprint density at radius 1 is 1.00 bits per heavy atom. The lowest BCUT2D eigenvalue weighted by atomic mass is 10.1. The van der Waals surface area contributed by atoms with E-state index in [1.54, 1.807) is 4.90 Å². The fraction of sp³-hybridized carbons (Fsp3) is 0.353. The first kappa shape index (κ1) is 15.3. The number of anilines is 2. The predicted octanol–water partition coefficient (Wildman–Crippen LogP) is 0.216. The van der Waals surface area contributed by atoms with Crippen molar-refractivity contribution in [2.24, 2.45) is 0 Å². The minimum atomic E-state index is -0.439. The molecule has 0 saturated carbocycles. The molecule has 1 amide bonds. The van der Waals surface area contributed by atoms with Gasteiger partial charge in [-0.15, -0.1) is 0 Å². The van der Waals surface area contributed by atoms with E-state index < -0.39 is 10.9 Å². The van der Waals surface area contributed by atoms with Gasteiger partial charge in [0.1, 0.15) is 11.4 Å². The van der Waals surface area contributed by atoms with Crippen molar-refractivity contribution < 1.29 is 4.79 Å². The third-order valence-electron chi connectivity index (χ3n) is 4.22. The second-order valence-electron chi connectivity index (χ2n) is 5.67. The molecule has 6 heteroatoms. The summed E-state index contributed by atoms with van der Waals surface area (Å²) in [7, 11) is 0. The Kier molecular flexibility index (Phi) is 4.41. The van der Waals surface area contributed by atoms with E-state index in [1.165, 1.54) is 5.56 Å². The van der Waals surface area contributed by atoms with Crippen molar-refractivity contribution in [1.29, 1.82) is 0 Å².